The van der Waals surface area contributed by atoms with E-state index in [1.807, 2.05) is 36.5 Å². The van der Waals surface area contributed by atoms with Gasteiger partial charge in [-0.15, -0.1) is 11.3 Å². The number of aromatic nitrogens is 3. The van der Waals surface area contributed by atoms with Crippen molar-refractivity contribution >= 4 is 40.8 Å². The second kappa shape index (κ2) is 10.5. The molecule has 3 aromatic heterocycles. The van der Waals surface area contributed by atoms with Crippen molar-refractivity contribution < 1.29 is 28.6 Å². The molecule has 4 rings (SSSR count). The predicted molar refractivity (Wildman–Crippen MR) is 148 cm³/mol. The molecule has 0 aliphatic carbocycles. The van der Waals surface area contributed by atoms with Crippen LogP contribution in [0.2, 0.25) is 0 Å². The Bertz CT molecular complexity index is 1470. The summed E-state index contributed by atoms with van der Waals surface area (Å²) >= 11 is 1.09. The summed E-state index contributed by atoms with van der Waals surface area (Å²) in [6.45, 7) is 10.1. The lowest BCUT2D eigenvalue weighted by Crippen LogP contribution is -2.44. The van der Waals surface area contributed by atoms with E-state index in [2.05, 4.69) is 10.1 Å². The van der Waals surface area contributed by atoms with Gasteiger partial charge in [-0.2, -0.15) is 10.00 Å². The molecule has 0 fully saturated rings. The Morgan fingerprint density at radius 3 is 2.03 bits per heavy atom. The minimum Gasteiger partial charge on any atom is -0.465 e. The van der Waals surface area contributed by atoms with Crippen molar-refractivity contribution in [2.24, 2.45) is 0 Å². The van der Waals surface area contributed by atoms with Crippen LogP contribution in [0.25, 0.3) is 27.3 Å². The number of benzene rings is 1. The van der Waals surface area contributed by atoms with Gasteiger partial charge in [0.1, 0.15) is 16.1 Å². The first-order valence-corrected chi connectivity index (χ1v) is 13.0. The SMILES string of the molecule is COC(=O)c1sc(-c2ccc(-c3cc4ncccn4n3)cc2)cc1N(C(=O)OC(C)(C)C)C(=O)OC(C)(C)C. The van der Waals surface area contributed by atoms with Crippen molar-refractivity contribution in [2.75, 3.05) is 12.0 Å². The summed E-state index contributed by atoms with van der Waals surface area (Å²) in [6, 6.07) is 12.8. The monoisotopic (exact) mass is 550 g/mol. The molecular weight excluding hydrogens is 520 g/mol. The van der Waals surface area contributed by atoms with Crippen LogP contribution in [0.3, 0.4) is 0 Å². The lowest BCUT2D eigenvalue weighted by Gasteiger charge is -2.28. The summed E-state index contributed by atoms with van der Waals surface area (Å²) in [5.74, 6) is -0.702. The third-order valence-corrected chi connectivity index (χ3v) is 6.33. The Labute approximate surface area is 230 Å². The Balaban J connectivity index is 1.75. The number of anilines is 1. The van der Waals surface area contributed by atoms with Crippen molar-refractivity contribution in [1.82, 2.24) is 14.6 Å². The number of methoxy groups -OCH3 is 1. The molecule has 0 N–H and O–H groups in total. The first-order chi connectivity index (χ1) is 18.3. The number of imide groups is 1. The molecule has 0 saturated heterocycles. The van der Waals surface area contributed by atoms with E-state index in [1.165, 1.54) is 7.11 Å². The summed E-state index contributed by atoms with van der Waals surface area (Å²) in [4.78, 5) is 44.9. The van der Waals surface area contributed by atoms with Gasteiger partial charge in [-0.05, 0) is 59.2 Å². The third-order valence-electron chi connectivity index (χ3n) is 5.18. The molecule has 0 saturated carbocycles. The van der Waals surface area contributed by atoms with Gasteiger partial charge in [-0.25, -0.2) is 23.9 Å². The molecule has 0 atom stereocenters. The van der Waals surface area contributed by atoms with Gasteiger partial charge in [0, 0.05) is 28.9 Å². The van der Waals surface area contributed by atoms with E-state index in [-0.39, 0.29) is 10.6 Å². The molecule has 11 heteroatoms. The first-order valence-electron chi connectivity index (χ1n) is 12.2. The highest BCUT2D eigenvalue weighted by molar-refractivity contribution is 7.18. The van der Waals surface area contributed by atoms with E-state index >= 15 is 0 Å². The number of carbonyl (C=O) groups excluding carboxylic acids is 3. The summed E-state index contributed by atoms with van der Waals surface area (Å²) in [5, 5.41) is 4.54. The fourth-order valence-corrected chi connectivity index (χ4v) is 4.66. The van der Waals surface area contributed by atoms with Crippen molar-refractivity contribution in [3.8, 4) is 21.7 Å². The zero-order valence-electron chi connectivity index (χ0n) is 22.8. The van der Waals surface area contributed by atoms with Gasteiger partial charge in [-0.3, -0.25) is 0 Å². The zero-order chi connectivity index (χ0) is 28.5. The van der Waals surface area contributed by atoms with Gasteiger partial charge >= 0.3 is 18.2 Å². The van der Waals surface area contributed by atoms with Crippen LogP contribution in [0.5, 0.6) is 0 Å². The van der Waals surface area contributed by atoms with Crippen LogP contribution in [0.1, 0.15) is 51.2 Å². The summed E-state index contributed by atoms with van der Waals surface area (Å²) < 4.78 is 17.6. The highest BCUT2D eigenvalue weighted by atomic mass is 32.1. The molecule has 0 spiro atoms. The maximum absolute atomic E-state index is 13.2. The van der Waals surface area contributed by atoms with Crippen molar-refractivity contribution in [3.63, 3.8) is 0 Å². The highest BCUT2D eigenvalue weighted by Crippen LogP contribution is 2.39. The number of fused-ring (bicyclic) bond motifs is 1. The van der Waals surface area contributed by atoms with E-state index in [0.29, 0.717) is 4.88 Å². The van der Waals surface area contributed by atoms with E-state index < -0.39 is 29.4 Å². The maximum Gasteiger partial charge on any atom is 0.424 e. The molecule has 39 heavy (non-hydrogen) atoms. The van der Waals surface area contributed by atoms with Crippen LogP contribution in [0, 0.1) is 0 Å². The van der Waals surface area contributed by atoms with Crippen LogP contribution in [0.4, 0.5) is 15.3 Å². The first kappa shape index (κ1) is 27.8. The molecule has 2 amide bonds. The van der Waals surface area contributed by atoms with Crippen LogP contribution in [-0.4, -0.2) is 51.1 Å². The van der Waals surface area contributed by atoms with E-state index in [0.717, 1.165) is 38.7 Å². The number of hydrogen-bond acceptors (Lipinski definition) is 9. The van der Waals surface area contributed by atoms with Gasteiger partial charge in [0.25, 0.3) is 0 Å². The largest absolute Gasteiger partial charge is 0.465 e. The van der Waals surface area contributed by atoms with Crippen molar-refractivity contribution in [3.05, 3.63) is 59.7 Å². The Morgan fingerprint density at radius 1 is 0.897 bits per heavy atom. The molecule has 204 valence electrons. The van der Waals surface area contributed by atoms with Crippen LogP contribution < -0.4 is 4.90 Å². The third kappa shape index (κ3) is 6.43. The average molecular weight is 551 g/mol. The molecule has 1 aromatic carbocycles. The quantitative estimate of drug-likeness (QED) is 0.207. The fourth-order valence-electron chi connectivity index (χ4n) is 3.59. The zero-order valence-corrected chi connectivity index (χ0v) is 23.7. The number of carbonyl (C=O) groups is 3. The highest BCUT2D eigenvalue weighted by Gasteiger charge is 2.36. The second-order valence-electron chi connectivity index (χ2n) is 10.6. The molecule has 0 bridgehead atoms. The van der Waals surface area contributed by atoms with Gasteiger partial charge in [0.2, 0.25) is 0 Å². The molecule has 0 unspecified atom stereocenters. The number of amides is 2. The molecule has 0 radical (unpaired) electrons. The minimum absolute atomic E-state index is 0.0147. The lowest BCUT2D eigenvalue weighted by molar-refractivity contribution is 0.0431. The smallest absolute Gasteiger partial charge is 0.424 e. The number of esters is 1. The molecular formula is C28H30N4O6S. The molecule has 4 aromatic rings. The Kier molecular flexibility index (Phi) is 7.47. The normalized spacial score (nSPS) is 11.8. The van der Waals surface area contributed by atoms with Crippen LogP contribution >= 0.6 is 11.3 Å². The molecule has 0 aliphatic rings. The number of thiophene rings is 1. The molecule has 0 aliphatic heterocycles. The number of nitrogens with zero attached hydrogens (tertiary/aromatic N) is 4. The van der Waals surface area contributed by atoms with E-state index in [9.17, 15) is 14.4 Å². The molecule has 3 heterocycles. The maximum atomic E-state index is 13.2. The van der Waals surface area contributed by atoms with Gasteiger partial charge in [0.15, 0.2) is 5.65 Å². The van der Waals surface area contributed by atoms with Crippen LogP contribution in [0.15, 0.2) is 54.9 Å². The summed E-state index contributed by atoms with van der Waals surface area (Å²) in [5.41, 5.74) is 1.33. The molecule has 10 nitrogen and oxygen atoms in total. The number of hydrogen-bond donors (Lipinski definition) is 0. The fraction of sp³-hybridized carbons (Fsp3) is 0.321. The van der Waals surface area contributed by atoms with E-state index in [1.54, 1.807) is 64.4 Å². The Morgan fingerprint density at radius 2 is 1.49 bits per heavy atom. The number of ether oxygens (including phenoxy) is 3. The van der Waals surface area contributed by atoms with Crippen molar-refractivity contribution in [1.29, 1.82) is 0 Å². The predicted octanol–water partition coefficient (Wildman–Crippen LogP) is 6.59. The topological polar surface area (TPSA) is 112 Å². The number of rotatable bonds is 4. The lowest BCUT2D eigenvalue weighted by atomic mass is 10.1. The summed E-state index contributed by atoms with van der Waals surface area (Å²) in [6.07, 6.45) is 1.58. The Hall–Kier alpha value is -4.25. The van der Waals surface area contributed by atoms with Crippen molar-refractivity contribution in [2.45, 2.75) is 52.7 Å². The standard InChI is InChI=1S/C28H30N4O6S/c1-27(2,3)37-25(34)32(26(35)38-28(4,5)6)20-16-21(39-23(20)24(33)36-7)18-11-9-17(10-12-18)19-15-22-29-13-8-14-31(22)30-19/h8-16H,1-7H3. The van der Waals surface area contributed by atoms with E-state index in [4.69, 9.17) is 14.2 Å². The second-order valence-corrected chi connectivity index (χ2v) is 11.7. The van der Waals surface area contributed by atoms with Gasteiger partial charge < -0.3 is 14.2 Å². The van der Waals surface area contributed by atoms with Gasteiger partial charge in [-0.1, -0.05) is 24.3 Å². The minimum atomic E-state index is -0.970. The van der Waals surface area contributed by atoms with Crippen LogP contribution in [-0.2, 0) is 14.2 Å². The summed E-state index contributed by atoms with van der Waals surface area (Å²) in [7, 11) is 1.23. The average Bonchev–Trinajstić information content (AvgIpc) is 3.46. The van der Waals surface area contributed by atoms with Gasteiger partial charge in [0.05, 0.1) is 18.5 Å².